The molecule has 0 bridgehead atoms. The van der Waals surface area contributed by atoms with E-state index < -0.39 is 0 Å². The molecule has 3 aromatic rings. The van der Waals surface area contributed by atoms with Crippen LogP contribution in [-0.2, 0) is 17.6 Å². The lowest BCUT2D eigenvalue weighted by Gasteiger charge is -2.13. The fraction of sp³-hybridized carbons (Fsp3) is 0.350. The topological polar surface area (TPSA) is 96.5 Å². The van der Waals surface area contributed by atoms with Crippen LogP contribution in [-0.4, -0.2) is 31.4 Å². The van der Waals surface area contributed by atoms with E-state index in [9.17, 15) is 10.1 Å². The predicted molar refractivity (Wildman–Crippen MR) is 113 cm³/mol. The maximum Gasteiger partial charge on any atom is 0.238 e. The Morgan fingerprint density at radius 3 is 2.90 bits per heavy atom. The van der Waals surface area contributed by atoms with E-state index in [2.05, 4.69) is 26.9 Å². The van der Waals surface area contributed by atoms with Crippen molar-refractivity contribution in [2.45, 2.75) is 49.4 Å². The van der Waals surface area contributed by atoms with Crippen LogP contribution < -0.4 is 5.32 Å². The Labute approximate surface area is 177 Å². The second-order valence-corrected chi connectivity index (χ2v) is 9.01. The highest BCUT2D eigenvalue weighted by molar-refractivity contribution is 8.00. The number of aromatic nitrogens is 4. The van der Waals surface area contributed by atoms with Crippen molar-refractivity contribution in [3.63, 3.8) is 0 Å². The number of carbonyl (C=O) groups is 1. The molecule has 1 aliphatic rings. The largest absolute Gasteiger partial charge is 0.316 e. The summed E-state index contributed by atoms with van der Waals surface area (Å²) in [5, 5.41) is 25.4. The summed E-state index contributed by atoms with van der Waals surface area (Å²) in [5.74, 6) is -0.129. The van der Waals surface area contributed by atoms with Gasteiger partial charge in [0, 0.05) is 4.88 Å². The second kappa shape index (κ2) is 8.76. The quantitative estimate of drug-likeness (QED) is 0.601. The zero-order valence-corrected chi connectivity index (χ0v) is 17.6. The maximum atomic E-state index is 13.0. The van der Waals surface area contributed by atoms with Gasteiger partial charge in [-0.15, -0.1) is 16.4 Å². The number of benzene rings is 1. The van der Waals surface area contributed by atoms with Crippen molar-refractivity contribution in [3.8, 4) is 11.8 Å². The number of rotatable bonds is 6. The Kier molecular flexibility index (Phi) is 5.92. The first-order valence-corrected chi connectivity index (χ1v) is 11.3. The molecule has 0 aliphatic heterocycles. The van der Waals surface area contributed by atoms with Gasteiger partial charge in [0.25, 0.3) is 0 Å². The molecule has 0 unspecified atom stereocenters. The molecule has 2 heterocycles. The lowest BCUT2D eigenvalue weighted by atomic mass is 9.96. The molecule has 9 heteroatoms. The van der Waals surface area contributed by atoms with Gasteiger partial charge in [0.05, 0.1) is 16.5 Å². The number of anilines is 1. The smallest absolute Gasteiger partial charge is 0.238 e. The number of amides is 1. The van der Waals surface area contributed by atoms with E-state index in [1.54, 1.807) is 16.0 Å². The number of tetrazole rings is 1. The molecule has 1 aliphatic carbocycles. The fourth-order valence-electron chi connectivity index (χ4n) is 3.40. The monoisotopic (exact) mass is 424 g/mol. The van der Waals surface area contributed by atoms with Gasteiger partial charge in [-0.05, 0) is 60.2 Å². The van der Waals surface area contributed by atoms with Crippen LogP contribution in [0.1, 0.15) is 42.2 Å². The predicted octanol–water partition coefficient (Wildman–Crippen LogP) is 3.98. The van der Waals surface area contributed by atoms with Gasteiger partial charge in [0.15, 0.2) is 0 Å². The number of thioether (sulfide) groups is 1. The Morgan fingerprint density at radius 2 is 2.14 bits per heavy atom. The number of hydrogen-bond donors (Lipinski definition) is 1. The highest BCUT2D eigenvalue weighted by Gasteiger charge is 2.26. The van der Waals surface area contributed by atoms with E-state index in [0.29, 0.717) is 22.1 Å². The molecule has 0 saturated carbocycles. The second-order valence-electron chi connectivity index (χ2n) is 6.74. The molecule has 0 radical (unpaired) electrons. The molecule has 2 aromatic heterocycles. The van der Waals surface area contributed by atoms with Gasteiger partial charge in [0.1, 0.15) is 11.1 Å². The Bertz CT molecular complexity index is 1050. The van der Waals surface area contributed by atoms with E-state index in [-0.39, 0.29) is 11.2 Å². The van der Waals surface area contributed by atoms with Gasteiger partial charge < -0.3 is 5.32 Å². The summed E-state index contributed by atoms with van der Waals surface area (Å²) in [7, 11) is 0. The first-order chi connectivity index (χ1) is 14.2. The van der Waals surface area contributed by atoms with Gasteiger partial charge in [0.2, 0.25) is 11.1 Å². The standard InChI is InChI=1S/C20H20N6OS2/c1-2-16(29-20-23-24-25-26(20)13-8-4-3-5-9-13)18(27)22-19-15(12-21)14-10-6-7-11-17(14)28-19/h3-5,8-9,16H,2,6-7,10-11H2,1H3,(H,22,27)/t16-/m0/s1. The third-order valence-corrected chi connectivity index (χ3v) is 7.38. The first-order valence-electron chi connectivity index (χ1n) is 9.57. The minimum absolute atomic E-state index is 0.129. The number of para-hydroxylation sites is 1. The highest BCUT2D eigenvalue weighted by Crippen LogP contribution is 2.38. The van der Waals surface area contributed by atoms with Crippen molar-refractivity contribution in [2.75, 3.05) is 5.32 Å². The SMILES string of the molecule is CC[C@H](Sc1nnnn1-c1ccccc1)C(=O)Nc1sc2c(c1C#N)CCCC2. The van der Waals surface area contributed by atoms with Crippen LogP contribution in [0.4, 0.5) is 5.00 Å². The molecule has 1 aromatic carbocycles. The number of fused-ring (bicyclic) bond motifs is 1. The molecule has 148 valence electrons. The molecule has 0 spiro atoms. The Morgan fingerprint density at radius 1 is 1.34 bits per heavy atom. The number of carbonyl (C=O) groups excluding carboxylic acids is 1. The third kappa shape index (κ3) is 4.04. The molecule has 1 amide bonds. The Hall–Kier alpha value is -2.70. The molecule has 29 heavy (non-hydrogen) atoms. The van der Waals surface area contributed by atoms with Gasteiger partial charge in [-0.3, -0.25) is 4.79 Å². The van der Waals surface area contributed by atoms with Crippen molar-refractivity contribution in [1.29, 1.82) is 5.26 Å². The summed E-state index contributed by atoms with van der Waals surface area (Å²) in [6.45, 7) is 1.96. The van der Waals surface area contributed by atoms with Crippen LogP contribution in [0.2, 0.25) is 0 Å². The number of nitriles is 1. The minimum Gasteiger partial charge on any atom is -0.316 e. The molecule has 1 N–H and O–H groups in total. The number of thiophene rings is 1. The lowest BCUT2D eigenvalue weighted by molar-refractivity contribution is -0.115. The van der Waals surface area contributed by atoms with Gasteiger partial charge in [-0.25, -0.2) is 0 Å². The molecular formula is C20H20N6OS2. The zero-order valence-electron chi connectivity index (χ0n) is 16.0. The van der Waals surface area contributed by atoms with Crippen LogP contribution in [0.5, 0.6) is 0 Å². The first kappa shape index (κ1) is 19.6. The van der Waals surface area contributed by atoms with E-state index in [1.807, 2.05) is 37.3 Å². The summed E-state index contributed by atoms with van der Waals surface area (Å²) in [5.41, 5.74) is 2.59. The molecule has 0 saturated heterocycles. The van der Waals surface area contributed by atoms with Gasteiger partial charge in [-0.2, -0.15) is 9.94 Å². The molecule has 4 rings (SSSR count). The number of aryl methyl sites for hydroxylation is 1. The van der Waals surface area contributed by atoms with E-state index in [1.165, 1.54) is 16.6 Å². The van der Waals surface area contributed by atoms with Crippen molar-refractivity contribution in [1.82, 2.24) is 20.2 Å². The summed E-state index contributed by atoms with van der Waals surface area (Å²) >= 11 is 2.87. The number of nitrogens with one attached hydrogen (secondary N) is 1. The summed E-state index contributed by atoms with van der Waals surface area (Å²) in [6.07, 6.45) is 4.76. The van der Waals surface area contributed by atoms with Crippen molar-refractivity contribution in [3.05, 3.63) is 46.3 Å². The lowest BCUT2D eigenvalue weighted by Crippen LogP contribution is -2.25. The van der Waals surface area contributed by atoms with Crippen molar-refractivity contribution >= 4 is 34.0 Å². The summed E-state index contributed by atoms with van der Waals surface area (Å²) in [4.78, 5) is 14.2. The van der Waals surface area contributed by atoms with Crippen LogP contribution in [0.25, 0.3) is 5.69 Å². The molecule has 7 nitrogen and oxygen atoms in total. The van der Waals surface area contributed by atoms with Crippen LogP contribution >= 0.6 is 23.1 Å². The average molecular weight is 425 g/mol. The zero-order chi connectivity index (χ0) is 20.2. The number of hydrogen-bond acceptors (Lipinski definition) is 7. The minimum atomic E-state index is -0.367. The van der Waals surface area contributed by atoms with Crippen molar-refractivity contribution in [2.24, 2.45) is 0 Å². The third-order valence-electron chi connectivity index (χ3n) is 4.87. The van der Waals surface area contributed by atoms with Gasteiger partial charge >= 0.3 is 0 Å². The molecule has 0 fully saturated rings. The molecule has 1 atom stereocenters. The van der Waals surface area contributed by atoms with E-state index >= 15 is 0 Å². The van der Waals surface area contributed by atoms with Crippen LogP contribution in [0.15, 0.2) is 35.5 Å². The summed E-state index contributed by atoms with van der Waals surface area (Å²) in [6, 6.07) is 11.9. The molecular weight excluding hydrogens is 404 g/mol. The fourth-order valence-corrected chi connectivity index (χ4v) is 5.55. The van der Waals surface area contributed by atoms with Crippen LogP contribution in [0.3, 0.4) is 0 Å². The summed E-state index contributed by atoms with van der Waals surface area (Å²) < 4.78 is 1.63. The normalized spacial score (nSPS) is 14.1. The average Bonchev–Trinajstić information content (AvgIpc) is 3.36. The van der Waals surface area contributed by atoms with E-state index in [0.717, 1.165) is 36.9 Å². The van der Waals surface area contributed by atoms with Gasteiger partial charge in [-0.1, -0.05) is 36.9 Å². The highest BCUT2D eigenvalue weighted by atomic mass is 32.2. The maximum absolute atomic E-state index is 13.0. The van der Waals surface area contributed by atoms with Crippen molar-refractivity contribution < 1.29 is 4.79 Å². The number of nitrogens with zero attached hydrogens (tertiary/aromatic N) is 5. The van der Waals surface area contributed by atoms with Crippen LogP contribution in [0, 0.1) is 11.3 Å². The Balaban J connectivity index is 1.53. The van der Waals surface area contributed by atoms with E-state index in [4.69, 9.17) is 0 Å².